The third kappa shape index (κ3) is 8.20. The van der Waals surface area contributed by atoms with Crippen LogP contribution in [-0.2, 0) is 38.0 Å². The van der Waals surface area contributed by atoms with Gasteiger partial charge in [0.1, 0.15) is 37.3 Å². The van der Waals surface area contributed by atoms with Crippen LogP contribution in [0.4, 0.5) is 5.82 Å². The number of hydrogen-bond donors (Lipinski definition) is 1. The van der Waals surface area contributed by atoms with Crippen LogP contribution in [0.5, 0.6) is 0 Å². The maximum atomic E-state index is 9.91. The molecule has 2 aromatic rings. The third-order valence-electron chi connectivity index (χ3n) is 9.01. The van der Waals surface area contributed by atoms with E-state index in [-0.39, 0.29) is 17.3 Å². The molecule has 0 bridgehead atoms. The second kappa shape index (κ2) is 15.9. The van der Waals surface area contributed by atoms with Crippen LogP contribution >= 0.6 is 11.6 Å². The summed E-state index contributed by atoms with van der Waals surface area (Å²) in [5.74, 6) is 2.36. The SMILES string of the molecule is C#CCOCCOCCOCCOCCON=C1CCC2(CC1)CN(c1nc(Cl)nc3c1cnn3[C@@H]1O[C@H](CO)[C@H]3OC(C)(C)O[C@H]31)C2. The minimum absolute atomic E-state index is 0.133. The molecule has 0 unspecified atom stereocenters. The monoisotopic (exact) mass is 692 g/mol. The Morgan fingerprint density at radius 2 is 1.62 bits per heavy atom. The Kier molecular flexibility index (Phi) is 11.7. The van der Waals surface area contributed by atoms with Crippen molar-refractivity contribution in [2.45, 2.75) is 69.9 Å². The molecule has 4 fully saturated rings. The molecule has 0 amide bonds. The number of oxime groups is 1. The van der Waals surface area contributed by atoms with Crippen molar-refractivity contribution in [3.05, 3.63) is 11.5 Å². The Morgan fingerprint density at radius 1 is 0.979 bits per heavy atom. The van der Waals surface area contributed by atoms with Crippen LogP contribution in [0.3, 0.4) is 0 Å². The van der Waals surface area contributed by atoms with Crippen LogP contribution in [-0.4, -0.2) is 134 Å². The first-order chi connectivity index (χ1) is 23.3. The molecule has 48 heavy (non-hydrogen) atoms. The number of halogens is 1. The fourth-order valence-corrected chi connectivity index (χ4v) is 6.89. The van der Waals surface area contributed by atoms with Gasteiger partial charge in [-0.15, -0.1) is 6.42 Å². The highest BCUT2D eigenvalue weighted by atomic mass is 35.5. The number of aliphatic hydroxyl groups excluding tert-OH is 1. The maximum absolute atomic E-state index is 9.91. The standard InChI is InChI=1S/C32H45ClN6O9/c1-4-9-41-10-11-42-12-13-43-14-15-44-16-17-45-37-22-5-7-32(8-6-22)20-38(21-32)27-23-18-34-39(28(23)36-30(33)35-27)29-26-25(24(19-40)46-29)47-31(2,3)48-26/h1,18,24-26,29,40H,5-17,19-21H2,2-3H3/t24-,25-,26-,29-/m1/s1. The highest BCUT2D eigenvalue weighted by molar-refractivity contribution is 6.28. The van der Waals surface area contributed by atoms with Gasteiger partial charge in [-0.3, -0.25) is 0 Å². The van der Waals surface area contributed by atoms with E-state index in [0.29, 0.717) is 65.1 Å². The molecule has 1 saturated carbocycles. The van der Waals surface area contributed by atoms with Gasteiger partial charge in [0.05, 0.1) is 70.1 Å². The molecule has 3 saturated heterocycles. The lowest BCUT2D eigenvalue weighted by Crippen LogP contribution is -2.58. The van der Waals surface area contributed by atoms with E-state index in [0.717, 1.165) is 55.7 Å². The van der Waals surface area contributed by atoms with Crippen LogP contribution < -0.4 is 4.90 Å². The maximum Gasteiger partial charge on any atom is 0.226 e. The Hall–Kier alpha value is -2.65. The predicted molar refractivity (Wildman–Crippen MR) is 174 cm³/mol. The van der Waals surface area contributed by atoms with Crippen molar-refractivity contribution in [1.29, 1.82) is 0 Å². The van der Waals surface area contributed by atoms with Crippen LogP contribution in [0, 0.1) is 17.8 Å². The Balaban J connectivity index is 0.910. The van der Waals surface area contributed by atoms with Gasteiger partial charge in [-0.25, -0.2) is 4.68 Å². The van der Waals surface area contributed by atoms with E-state index in [4.69, 9.17) is 56.0 Å². The topological polar surface area (TPSA) is 153 Å². The summed E-state index contributed by atoms with van der Waals surface area (Å²) in [6.07, 6.45) is 8.66. The summed E-state index contributed by atoms with van der Waals surface area (Å²) in [7, 11) is 0. The van der Waals surface area contributed by atoms with E-state index in [2.05, 4.69) is 31.0 Å². The van der Waals surface area contributed by atoms with Crippen molar-refractivity contribution in [1.82, 2.24) is 19.7 Å². The molecule has 2 aromatic heterocycles. The van der Waals surface area contributed by atoms with Crippen molar-refractivity contribution < 1.29 is 43.1 Å². The quantitative estimate of drug-likeness (QED) is 0.112. The van der Waals surface area contributed by atoms with Crippen molar-refractivity contribution in [3.63, 3.8) is 0 Å². The lowest BCUT2D eigenvalue weighted by atomic mass is 9.68. The summed E-state index contributed by atoms with van der Waals surface area (Å²) in [4.78, 5) is 16.9. The molecule has 15 nitrogen and oxygen atoms in total. The number of terminal acetylenes is 1. The molecule has 6 rings (SSSR count). The van der Waals surface area contributed by atoms with Crippen LogP contribution in [0.15, 0.2) is 11.4 Å². The number of ether oxygens (including phenoxy) is 7. The van der Waals surface area contributed by atoms with E-state index in [1.165, 1.54) is 0 Å². The molecule has 1 spiro atoms. The van der Waals surface area contributed by atoms with E-state index >= 15 is 0 Å². The molecule has 5 heterocycles. The zero-order chi connectivity index (χ0) is 33.6. The van der Waals surface area contributed by atoms with E-state index < -0.39 is 30.3 Å². The second-order valence-corrected chi connectivity index (χ2v) is 13.2. The molecule has 4 aliphatic rings. The number of aliphatic hydroxyl groups is 1. The number of anilines is 1. The fourth-order valence-electron chi connectivity index (χ4n) is 6.73. The Bertz CT molecular complexity index is 1430. The first kappa shape index (κ1) is 35.2. The number of rotatable bonds is 17. The molecule has 0 aromatic carbocycles. The minimum atomic E-state index is -0.796. The first-order valence-electron chi connectivity index (χ1n) is 16.5. The van der Waals surface area contributed by atoms with Gasteiger partial charge in [0.15, 0.2) is 17.7 Å². The molecule has 1 N–H and O–H groups in total. The molecule has 16 heteroatoms. The van der Waals surface area contributed by atoms with Crippen molar-refractivity contribution in [2.24, 2.45) is 10.6 Å². The summed E-state index contributed by atoms with van der Waals surface area (Å²) >= 11 is 6.45. The molecule has 264 valence electrons. The highest BCUT2D eigenvalue weighted by Crippen LogP contribution is 2.47. The summed E-state index contributed by atoms with van der Waals surface area (Å²) in [5.41, 5.74) is 1.83. The number of hydrogen-bond acceptors (Lipinski definition) is 14. The van der Waals surface area contributed by atoms with E-state index in [1.807, 2.05) is 13.8 Å². The Morgan fingerprint density at radius 3 is 2.29 bits per heavy atom. The molecule has 4 atom stereocenters. The third-order valence-corrected chi connectivity index (χ3v) is 9.18. The number of aromatic nitrogens is 4. The summed E-state index contributed by atoms with van der Waals surface area (Å²) in [6, 6.07) is 0. The number of nitrogens with zero attached hydrogens (tertiary/aromatic N) is 6. The highest BCUT2D eigenvalue weighted by Gasteiger charge is 2.56. The summed E-state index contributed by atoms with van der Waals surface area (Å²) in [6.45, 7) is 9.31. The predicted octanol–water partition coefficient (Wildman–Crippen LogP) is 2.34. The van der Waals surface area contributed by atoms with Gasteiger partial charge < -0.3 is 48.0 Å². The lowest BCUT2D eigenvalue weighted by Gasteiger charge is -2.53. The van der Waals surface area contributed by atoms with Crippen LogP contribution in [0.25, 0.3) is 11.0 Å². The van der Waals surface area contributed by atoms with Gasteiger partial charge in [0, 0.05) is 18.5 Å². The molecule has 1 aliphatic carbocycles. The first-order valence-corrected chi connectivity index (χ1v) is 16.9. The van der Waals surface area contributed by atoms with E-state index in [1.54, 1.807) is 10.9 Å². The molecular formula is C32H45ClN6O9. The smallest absolute Gasteiger partial charge is 0.226 e. The van der Waals surface area contributed by atoms with Crippen molar-refractivity contribution >= 4 is 34.2 Å². The second-order valence-electron chi connectivity index (χ2n) is 12.9. The zero-order valence-electron chi connectivity index (χ0n) is 27.6. The van der Waals surface area contributed by atoms with Gasteiger partial charge in [-0.1, -0.05) is 11.1 Å². The van der Waals surface area contributed by atoms with Gasteiger partial charge >= 0.3 is 0 Å². The van der Waals surface area contributed by atoms with Gasteiger partial charge in [-0.2, -0.15) is 15.1 Å². The average Bonchev–Trinajstić information content (AvgIpc) is 3.71. The Labute approximate surface area is 285 Å². The van der Waals surface area contributed by atoms with Gasteiger partial charge in [0.25, 0.3) is 0 Å². The summed E-state index contributed by atoms with van der Waals surface area (Å²) in [5, 5.41) is 19.8. The largest absolute Gasteiger partial charge is 0.394 e. The fraction of sp³-hybridized carbons (Fsp3) is 0.750. The minimum Gasteiger partial charge on any atom is -0.394 e. The zero-order valence-corrected chi connectivity index (χ0v) is 28.3. The van der Waals surface area contributed by atoms with Gasteiger partial charge in [-0.05, 0) is 51.1 Å². The lowest BCUT2D eigenvalue weighted by molar-refractivity contribution is -0.201. The van der Waals surface area contributed by atoms with Crippen molar-refractivity contribution in [3.8, 4) is 12.3 Å². The molecule has 0 radical (unpaired) electrons. The summed E-state index contributed by atoms with van der Waals surface area (Å²) < 4.78 is 41.5. The van der Waals surface area contributed by atoms with Crippen LogP contribution in [0.2, 0.25) is 5.28 Å². The van der Waals surface area contributed by atoms with Gasteiger partial charge in [0.2, 0.25) is 5.28 Å². The molecule has 3 aliphatic heterocycles. The average molecular weight is 693 g/mol. The van der Waals surface area contributed by atoms with Crippen LogP contribution in [0.1, 0.15) is 45.8 Å². The van der Waals surface area contributed by atoms with Crippen molar-refractivity contribution in [2.75, 3.05) is 84.1 Å². The normalized spacial score (nSPS) is 25.7. The molecular weight excluding hydrogens is 648 g/mol. The van der Waals surface area contributed by atoms with E-state index in [9.17, 15) is 5.11 Å². The number of fused-ring (bicyclic) bond motifs is 2.